The van der Waals surface area contributed by atoms with Gasteiger partial charge in [-0.15, -0.1) is 0 Å². The van der Waals surface area contributed by atoms with Crippen LogP contribution < -0.4 is 14.5 Å². The van der Waals surface area contributed by atoms with Crippen LogP contribution in [0.5, 0.6) is 11.7 Å². The summed E-state index contributed by atoms with van der Waals surface area (Å²) in [7, 11) is 0. The van der Waals surface area contributed by atoms with Crippen LogP contribution in [0.25, 0.3) is 5.69 Å². The van der Waals surface area contributed by atoms with E-state index in [1.807, 2.05) is 6.92 Å². The van der Waals surface area contributed by atoms with Crippen molar-refractivity contribution in [3.8, 4) is 17.4 Å². The lowest BCUT2D eigenvalue weighted by Gasteiger charge is -2.01. The monoisotopic (exact) mass is 236 g/mol. The van der Waals surface area contributed by atoms with Crippen LogP contribution in [0.2, 0.25) is 0 Å². The van der Waals surface area contributed by atoms with E-state index >= 15 is 0 Å². The van der Waals surface area contributed by atoms with E-state index in [9.17, 15) is 5.11 Å². The van der Waals surface area contributed by atoms with Crippen LogP contribution in [0.3, 0.4) is 0 Å². The summed E-state index contributed by atoms with van der Waals surface area (Å²) in [6.45, 7) is 2.06. The van der Waals surface area contributed by atoms with E-state index in [2.05, 4.69) is 9.79 Å². The van der Waals surface area contributed by atoms with Crippen molar-refractivity contribution in [3.63, 3.8) is 0 Å². The van der Waals surface area contributed by atoms with Gasteiger partial charge in [-0.2, -0.15) is 0 Å². The molecule has 6 heteroatoms. The smallest absolute Gasteiger partial charge is 0.265 e. The third-order valence-corrected chi connectivity index (χ3v) is 2.24. The minimum absolute atomic E-state index is 0.0918. The average molecular weight is 236 g/mol. The maximum absolute atomic E-state index is 11.2. The second-order valence-corrected chi connectivity index (χ2v) is 3.30. The Labute approximate surface area is 97.6 Å². The number of benzene rings is 1. The molecule has 0 aliphatic rings. The fraction of sp³-hybridized carbons (Fsp3) is 0.273. The second-order valence-electron chi connectivity index (χ2n) is 3.30. The molecule has 1 heterocycles. The number of ether oxygens (including phenoxy) is 1. The maximum atomic E-state index is 11.2. The molecule has 0 saturated carbocycles. The molecule has 0 amide bonds. The van der Waals surface area contributed by atoms with E-state index in [-0.39, 0.29) is 5.69 Å². The summed E-state index contributed by atoms with van der Waals surface area (Å²) in [6.07, 6.45) is 0. The first-order valence-electron chi connectivity index (χ1n) is 5.18. The summed E-state index contributed by atoms with van der Waals surface area (Å²) in [6, 6.07) is 6.97. The highest BCUT2D eigenvalue weighted by Crippen LogP contribution is 2.14. The van der Waals surface area contributed by atoms with Gasteiger partial charge < -0.3 is 19.5 Å². The fourth-order valence-electron chi connectivity index (χ4n) is 1.45. The molecule has 0 aliphatic carbocycles. The van der Waals surface area contributed by atoms with Crippen molar-refractivity contribution < 1.29 is 24.2 Å². The molecule has 0 saturated heterocycles. The first-order valence-corrected chi connectivity index (χ1v) is 5.18. The van der Waals surface area contributed by atoms with Gasteiger partial charge in [-0.05, 0) is 23.7 Å². The van der Waals surface area contributed by atoms with Gasteiger partial charge in [0.15, 0.2) is 5.95 Å². The van der Waals surface area contributed by atoms with E-state index < -0.39 is 12.6 Å². The Balaban J connectivity index is 2.33. The van der Waals surface area contributed by atoms with Crippen molar-refractivity contribution in [1.82, 2.24) is 5.27 Å². The number of rotatable bonds is 4. The Bertz CT molecular complexity index is 493. The average Bonchev–Trinajstić information content (AvgIpc) is 2.72. The van der Waals surface area contributed by atoms with Gasteiger partial charge in [0.25, 0.3) is 5.69 Å². The number of aromatic nitrogens is 2. The summed E-state index contributed by atoms with van der Waals surface area (Å²) in [5, 5.41) is 23.8. The predicted molar refractivity (Wildman–Crippen MR) is 54.6 cm³/mol. The van der Waals surface area contributed by atoms with E-state index in [1.165, 1.54) is 4.68 Å². The molecule has 1 aromatic heterocycles. The van der Waals surface area contributed by atoms with Crippen LogP contribution in [-0.2, 0) is 6.61 Å². The molecule has 0 spiro atoms. The molecule has 0 atom stereocenters. The molecule has 17 heavy (non-hydrogen) atoms. The van der Waals surface area contributed by atoms with Crippen molar-refractivity contribution in [2.75, 3.05) is 6.61 Å². The number of nitrogens with zero attached hydrogens (tertiary/aromatic N) is 2. The number of aliphatic hydroxyl groups is 1. The highest BCUT2D eigenvalue weighted by Gasteiger charge is 2.18. The van der Waals surface area contributed by atoms with Gasteiger partial charge in [0.05, 0.1) is 11.9 Å². The minimum atomic E-state index is -0.638. The van der Waals surface area contributed by atoms with Crippen LogP contribution in [0.1, 0.15) is 12.6 Å². The third-order valence-electron chi connectivity index (χ3n) is 2.24. The van der Waals surface area contributed by atoms with E-state index in [4.69, 9.17) is 9.84 Å². The van der Waals surface area contributed by atoms with Crippen LogP contribution in [0, 0.1) is 0 Å². The van der Waals surface area contributed by atoms with Crippen molar-refractivity contribution in [3.05, 3.63) is 30.0 Å². The molecule has 0 aliphatic heterocycles. The highest BCUT2D eigenvalue weighted by atomic mass is 16.6. The lowest BCUT2D eigenvalue weighted by molar-refractivity contribution is -0.679. The molecule has 6 nitrogen and oxygen atoms in total. The first kappa shape index (κ1) is 11.4. The van der Waals surface area contributed by atoms with Gasteiger partial charge in [-0.1, -0.05) is 0 Å². The second kappa shape index (κ2) is 4.84. The first-order chi connectivity index (χ1) is 8.26. The Morgan fingerprint density at radius 2 is 2.12 bits per heavy atom. The quantitative estimate of drug-likeness (QED) is 0.750. The SMILES string of the molecule is CCOc1ccc(-[n+]2noc([O-])c2CO)cc1. The molecular weight excluding hydrogens is 224 g/mol. The van der Waals surface area contributed by atoms with Crippen LogP contribution in [0.4, 0.5) is 0 Å². The molecule has 0 radical (unpaired) electrons. The highest BCUT2D eigenvalue weighted by molar-refractivity contribution is 5.31. The van der Waals surface area contributed by atoms with E-state index in [1.54, 1.807) is 24.3 Å². The number of hydrogen-bond acceptors (Lipinski definition) is 5. The van der Waals surface area contributed by atoms with Crippen LogP contribution in [0.15, 0.2) is 28.8 Å². The van der Waals surface area contributed by atoms with Gasteiger partial charge in [0.1, 0.15) is 12.4 Å². The van der Waals surface area contributed by atoms with Gasteiger partial charge in [-0.25, -0.2) is 0 Å². The Hall–Kier alpha value is -2.08. The minimum Gasteiger partial charge on any atom is -0.539 e. The Kier molecular flexibility index (Phi) is 3.24. The van der Waals surface area contributed by atoms with Crippen LogP contribution in [-0.4, -0.2) is 17.0 Å². The lowest BCUT2D eigenvalue weighted by atomic mass is 10.3. The van der Waals surface area contributed by atoms with Gasteiger partial charge in [0.2, 0.25) is 5.69 Å². The molecule has 90 valence electrons. The normalized spacial score (nSPS) is 10.5. The van der Waals surface area contributed by atoms with E-state index in [0.717, 1.165) is 5.75 Å². The maximum Gasteiger partial charge on any atom is 0.265 e. The number of hydrogen-bond donors (Lipinski definition) is 1. The zero-order chi connectivity index (χ0) is 12.3. The van der Waals surface area contributed by atoms with Crippen molar-refractivity contribution in [2.24, 2.45) is 0 Å². The summed E-state index contributed by atoms with van der Waals surface area (Å²) >= 11 is 0. The molecular formula is C11H12N2O4. The van der Waals surface area contributed by atoms with Gasteiger partial charge >= 0.3 is 0 Å². The fourth-order valence-corrected chi connectivity index (χ4v) is 1.45. The molecule has 1 N–H and O–H groups in total. The topological polar surface area (TPSA) is 82.4 Å². The Morgan fingerprint density at radius 1 is 1.41 bits per heavy atom. The summed E-state index contributed by atoms with van der Waals surface area (Å²) in [4.78, 5) is 0. The largest absolute Gasteiger partial charge is 0.539 e. The molecule has 1 aromatic carbocycles. The predicted octanol–water partition coefficient (Wildman–Crippen LogP) is -0.0841. The zero-order valence-corrected chi connectivity index (χ0v) is 9.29. The van der Waals surface area contributed by atoms with Crippen molar-refractivity contribution >= 4 is 0 Å². The lowest BCUT2D eigenvalue weighted by Crippen LogP contribution is -2.36. The zero-order valence-electron chi connectivity index (χ0n) is 9.29. The molecule has 0 bridgehead atoms. The van der Waals surface area contributed by atoms with Crippen LogP contribution >= 0.6 is 0 Å². The number of aliphatic hydroxyl groups excluding tert-OH is 1. The van der Waals surface area contributed by atoms with E-state index in [0.29, 0.717) is 12.3 Å². The van der Waals surface area contributed by atoms with Gasteiger partial charge in [0, 0.05) is 12.1 Å². The molecule has 2 rings (SSSR count). The Morgan fingerprint density at radius 3 is 2.71 bits per heavy atom. The van der Waals surface area contributed by atoms with Gasteiger partial charge in [-0.3, -0.25) is 0 Å². The molecule has 2 aromatic rings. The summed E-state index contributed by atoms with van der Waals surface area (Å²) < 4.78 is 11.0. The summed E-state index contributed by atoms with van der Waals surface area (Å²) in [5.41, 5.74) is 0.720. The van der Waals surface area contributed by atoms with Crippen molar-refractivity contribution in [2.45, 2.75) is 13.5 Å². The third kappa shape index (κ3) is 2.21. The molecule has 0 fully saturated rings. The summed E-state index contributed by atoms with van der Waals surface area (Å²) in [5.74, 6) is 0.0922. The molecule has 0 unspecified atom stereocenters. The van der Waals surface area contributed by atoms with Crippen molar-refractivity contribution in [1.29, 1.82) is 0 Å². The standard InChI is InChI=1S/C11H12N2O4/c1-2-16-9-5-3-8(4-6-9)13-10(7-14)11(15)17-12-13/h3-6,14H,2,7H2,1H3.